The van der Waals surface area contributed by atoms with Crippen molar-refractivity contribution in [1.29, 1.82) is 0 Å². The molecule has 1 saturated heterocycles. The summed E-state index contributed by atoms with van der Waals surface area (Å²) in [6.07, 6.45) is 3.14. The molecule has 0 radical (unpaired) electrons. The molecule has 19 heavy (non-hydrogen) atoms. The lowest BCUT2D eigenvalue weighted by atomic mass is 9.93. The Labute approximate surface area is 111 Å². The average Bonchev–Trinajstić information content (AvgIpc) is 2.45. The van der Waals surface area contributed by atoms with Crippen LogP contribution in [-0.4, -0.2) is 47.0 Å². The Bertz CT molecular complexity index is 561. The summed E-state index contributed by atoms with van der Waals surface area (Å²) in [7, 11) is 1.43. The highest BCUT2D eigenvalue weighted by Gasteiger charge is 2.50. The second kappa shape index (κ2) is 4.42. The standard InChI is InChI=1S/C14H14N2O3/c1-15(18)10-7-8-12-13(14(17)16(12)9-10)19-11-5-3-2-4-6-11/h2-8,12-13H,9H2,1H3/b15-10+/t12-,13+/m0/s1. The van der Waals surface area contributed by atoms with E-state index < -0.39 is 6.10 Å². The van der Waals surface area contributed by atoms with Crippen LogP contribution in [0.2, 0.25) is 0 Å². The smallest absolute Gasteiger partial charge is 0.267 e. The number of benzene rings is 1. The SMILES string of the molecule is C/[N+]([O-])=C1/C=C[C@H]2[C@@H](Oc3ccccc3)C(=O)N2C1. The fourth-order valence-corrected chi connectivity index (χ4v) is 2.33. The van der Waals surface area contributed by atoms with Crippen LogP contribution in [0.25, 0.3) is 0 Å². The highest BCUT2D eigenvalue weighted by atomic mass is 16.5. The lowest BCUT2D eigenvalue weighted by Gasteiger charge is -2.46. The van der Waals surface area contributed by atoms with Gasteiger partial charge >= 0.3 is 0 Å². The molecule has 1 aromatic rings. The van der Waals surface area contributed by atoms with E-state index in [1.165, 1.54) is 7.05 Å². The van der Waals surface area contributed by atoms with Crippen molar-refractivity contribution in [2.75, 3.05) is 13.6 Å². The Hall–Kier alpha value is -2.30. The number of rotatable bonds is 2. The Morgan fingerprint density at radius 2 is 2.11 bits per heavy atom. The van der Waals surface area contributed by atoms with E-state index in [2.05, 4.69) is 0 Å². The summed E-state index contributed by atoms with van der Waals surface area (Å²) in [6, 6.07) is 9.21. The lowest BCUT2D eigenvalue weighted by molar-refractivity contribution is -0.423. The van der Waals surface area contributed by atoms with Crippen LogP contribution in [0, 0.1) is 5.21 Å². The van der Waals surface area contributed by atoms with Gasteiger partial charge in [-0.05, 0) is 12.1 Å². The predicted octanol–water partition coefficient (Wildman–Crippen LogP) is 0.796. The molecule has 2 aliphatic rings. The third-order valence-corrected chi connectivity index (χ3v) is 3.43. The Morgan fingerprint density at radius 3 is 2.79 bits per heavy atom. The molecule has 0 unspecified atom stereocenters. The van der Waals surface area contributed by atoms with Gasteiger partial charge in [0.25, 0.3) is 5.91 Å². The molecule has 2 aliphatic heterocycles. The van der Waals surface area contributed by atoms with Gasteiger partial charge in [0.15, 0.2) is 0 Å². The number of fused-ring (bicyclic) bond motifs is 1. The zero-order valence-electron chi connectivity index (χ0n) is 10.5. The molecule has 0 spiro atoms. The molecule has 0 N–H and O–H groups in total. The number of carbonyl (C=O) groups excluding carboxylic acids is 1. The Balaban J connectivity index is 1.76. The van der Waals surface area contributed by atoms with Crippen LogP contribution in [0.15, 0.2) is 42.5 Å². The number of nitrogens with zero attached hydrogens (tertiary/aromatic N) is 2. The normalized spacial score (nSPS) is 27.6. The predicted molar refractivity (Wildman–Crippen MR) is 70.1 cm³/mol. The summed E-state index contributed by atoms with van der Waals surface area (Å²) in [5, 5.41) is 11.2. The number of amides is 1. The van der Waals surface area contributed by atoms with Gasteiger partial charge in [-0.3, -0.25) is 4.79 Å². The van der Waals surface area contributed by atoms with Gasteiger partial charge in [0.1, 0.15) is 19.3 Å². The van der Waals surface area contributed by atoms with Crippen LogP contribution >= 0.6 is 0 Å². The number of hydrogen-bond donors (Lipinski definition) is 0. The number of β-lactam (4-membered cyclic amide) rings is 1. The fourth-order valence-electron chi connectivity index (χ4n) is 2.33. The molecule has 5 nitrogen and oxygen atoms in total. The first-order valence-electron chi connectivity index (χ1n) is 6.14. The number of para-hydroxylation sites is 1. The minimum Gasteiger partial charge on any atom is -0.624 e. The summed E-state index contributed by atoms with van der Waals surface area (Å²) in [5.41, 5.74) is 0.586. The van der Waals surface area contributed by atoms with Crippen LogP contribution in [0.5, 0.6) is 5.75 Å². The van der Waals surface area contributed by atoms with Crippen molar-refractivity contribution < 1.29 is 14.3 Å². The quantitative estimate of drug-likeness (QED) is 0.341. The molecule has 98 valence electrons. The van der Waals surface area contributed by atoms with Gasteiger partial charge in [0.05, 0.1) is 6.04 Å². The molecule has 0 aliphatic carbocycles. The van der Waals surface area contributed by atoms with Crippen LogP contribution in [0.3, 0.4) is 0 Å². The summed E-state index contributed by atoms with van der Waals surface area (Å²) in [6.45, 7) is 0.356. The molecule has 0 aromatic heterocycles. The number of hydroxylamine groups is 1. The van der Waals surface area contributed by atoms with E-state index in [4.69, 9.17) is 4.74 Å². The molecular formula is C14H14N2O3. The largest absolute Gasteiger partial charge is 0.624 e. The fraction of sp³-hybridized carbons (Fsp3) is 0.286. The van der Waals surface area contributed by atoms with Crippen LogP contribution in [0.4, 0.5) is 0 Å². The van der Waals surface area contributed by atoms with Crippen molar-refractivity contribution in [3.63, 3.8) is 0 Å². The molecule has 0 saturated carbocycles. The van der Waals surface area contributed by atoms with Gasteiger partial charge < -0.3 is 14.8 Å². The lowest BCUT2D eigenvalue weighted by Crippen LogP contribution is -2.68. The third kappa shape index (κ3) is 1.97. The van der Waals surface area contributed by atoms with E-state index in [1.54, 1.807) is 11.0 Å². The van der Waals surface area contributed by atoms with Gasteiger partial charge in [-0.2, -0.15) is 0 Å². The zero-order valence-corrected chi connectivity index (χ0v) is 10.5. The Morgan fingerprint density at radius 1 is 1.37 bits per heavy atom. The first-order chi connectivity index (χ1) is 9.16. The van der Waals surface area contributed by atoms with E-state index in [9.17, 15) is 10.0 Å². The van der Waals surface area contributed by atoms with Gasteiger partial charge in [-0.1, -0.05) is 24.3 Å². The molecule has 2 atom stereocenters. The monoisotopic (exact) mass is 258 g/mol. The van der Waals surface area contributed by atoms with E-state index >= 15 is 0 Å². The van der Waals surface area contributed by atoms with Gasteiger partial charge in [0, 0.05) is 6.08 Å². The first-order valence-corrected chi connectivity index (χ1v) is 6.14. The average molecular weight is 258 g/mol. The van der Waals surface area contributed by atoms with E-state index in [-0.39, 0.29) is 11.9 Å². The van der Waals surface area contributed by atoms with Crippen molar-refractivity contribution in [2.45, 2.75) is 12.1 Å². The van der Waals surface area contributed by atoms with Gasteiger partial charge in [0.2, 0.25) is 11.8 Å². The van der Waals surface area contributed by atoms with Crippen molar-refractivity contribution in [3.8, 4) is 5.75 Å². The summed E-state index contributed by atoms with van der Waals surface area (Å²) in [4.78, 5) is 13.7. The molecule has 5 heteroatoms. The van der Waals surface area contributed by atoms with Crippen LogP contribution in [-0.2, 0) is 4.79 Å². The molecule has 2 heterocycles. The molecular weight excluding hydrogens is 244 g/mol. The van der Waals surface area contributed by atoms with Crippen molar-refractivity contribution in [2.24, 2.45) is 0 Å². The Kier molecular flexibility index (Phi) is 2.74. The minimum atomic E-state index is -0.475. The maximum atomic E-state index is 12.0. The summed E-state index contributed by atoms with van der Waals surface area (Å²) in [5.74, 6) is 0.613. The van der Waals surface area contributed by atoms with Crippen LogP contribution in [0.1, 0.15) is 0 Å². The second-order valence-electron chi connectivity index (χ2n) is 4.66. The topological polar surface area (TPSA) is 55.6 Å². The zero-order chi connectivity index (χ0) is 13.4. The molecule has 1 amide bonds. The van der Waals surface area contributed by atoms with E-state index in [0.717, 1.165) is 4.74 Å². The van der Waals surface area contributed by atoms with Crippen molar-refractivity contribution in [3.05, 3.63) is 47.7 Å². The highest BCUT2D eigenvalue weighted by Crippen LogP contribution is 2.28. The van der Waals surface area contributed by atoms with Gasteiger partial charge in [-0.15, -0.1) is 0 Å². The summed E-state index contributed by atoms with van der Waals surface area (Å²) >= 11 is 0. The second-order valence-corrected chi connectivity index (χ2v) is 4.66. The number of carbonyl (C=O) groups is 1. The third-order valence-electron chi connectivity index (χ3n) is 3.43. The molecule has 1 aromatic carbocycles. The minimum absolute atomic E-state index is 0.0717. The van der Waals surface area contributed by atoms with E-state index in [0.29, 0.717) is 18.0 Å². The molecule has 1 fully saturated rings. The highest BCUT2D eigenvalue weighted by molar-refractivity contribution is 6.01. The molecule has 0 bridgehead atoms. The van der Waals surface area contributed by atoms with Gasteiger partial charge in [-0.25, -0.2) is 4.74 Å². The molecule has 3 rings (SSSR count). The first kappa shape index (κ1) is 11.8. The van der Waals surface area contributed by atoms with Crippen molar-refractivity contribution in [1.82, 2.24) is 4.90 Å². The van der Waals surface area contributed by atoms with Crippen molar-refractivity contribution >= 4 is 11.6 Å². The van der Waals surface area contributed by atoms with E-state index in [1.807, 2.05) is 36.4 Å². The maximum absolute atomic E-state index is 12.0. The number of hydrogen-bond acceptors (Lipinski definition) is 3. The maximum Gasteiger partial charge on any atom is 0.267 e. The van der Waals surface area contributed by atoms with Crippen LogP contribution < -0.4 is 4.74 Å². The number of ether oxygens (including phenoxy) is 1. The summed E-state index contributed by atoms with van der Waals surface area (Å²) < 4.78 is 6.47.